The fourth-order valence-electron chi connectivity index (χ4n) is 1.27. The van der Waals surface area contributed by atoms with E-state index in [4.69, 9.17) is 5.73 Å². The van der Waals surface area contributed by atoms with Crippen molar-refractivity contribution in [2.45, 2.75) is 17.2 Å². The smallest absolute Gasteiger partial charge is 0.376 e. The van der Waals surface area contributed by atoms with Gasteiger partial charge in [-0.1, -0.05) is 0 Å². The Balaban J connectivity index is 3.57. The van der Waals surface area contributed by atoms with Gasteiger partial charge < -0.3 is 5.73 Å². The minimum atomic E-state index is -5.16. The Kier molecular flexibility index (Phi) is 4.44. The third-order valence-electron chi connectivity index (χ3n) is 2.11. The molecule has 0 bridgehead atoms. The first-order chi connectivity index (χ1) is 9.23. The summed E-state index contributed by atoms with van der Waals surface area (Å²) in [5.41, 5.74) is 1.33. The lowest BCUT2D eigenvalue weighted by molar-refractivity contribution is -0.143. The summed E-state index contributed by atoms with van der Waals surface area (Å²) in [7, 11) is -4.74. The Morgan fingerprint density at radius 3 is 1.67 bits per heavy atom. The maximum absolute atomic E-state index is 12.6. The molecule has 12 heteroatoms. The molecule has 0 atom stereocenters. The molecule has 0 radical (unpaired) electrons. The first kappa shape index (κ1) is 17.5. The van der Waals surface area contributed by atoms with Gasteiger partial charge in [0.25, 0.3) is 10.0 Å². The molecule has 0 amide bonds. The van der Waals surface area contributed by atoms with E-state index in [2.05, 4.69) is 12.2 Å². The van der Waals surface area contributed by atoms with E-state index in [0.717, 1.165) is 0 Å². The summed E-state index contributed by atoms with van der Waals surface area (Å²) in [5.74, 6) is 0. The van der Waals surface area contributed by atoms with E-state index >= 15 is 0 Å². The molecule has 3 N–H and O–H groups in total. The third-order valence-corrected chi connectivity index (χ3v) is 3.68. The monoisotopic (exact) mass is 352 g/mol. The fraction of sp³-hybridized carbons (Fsp3) is 0.222. The minimum Gasteiger partial charge on any atom is -0.376 e. The van der Waals surface area contributed by atoms with Crippen LogP contribution in [-0.4, -0.2) is 13.5 Å². The number of hydrogen-bond acceptors (Lipinski definition) is 3. The lowest BCUT2D eigenvalue weighted by Gasteiger charge is -2.14. The molecule has 1 aromatic rings. The number of nitrogens with two attached hydrogens (primary N) is 1. The summed E-state index contributed by atoms with van der Waals surface area (Å²) < 4.78 is 99.9. The molecule has 0 unspecified atom stereocenters. The van der Waals surface area contributed by atoms with Gasteiger partial charge >= 0.3 is 12.4 Å². The molecular weight excluding hydrogens is 346 g/mol. The fourth-order valence-corrected chi connectivity index (χ4v) is 2.55. The van der Waals surface area contributed by atoms with E-state index < -0.39 is 43.5 Å². The lowest BCUT2D eigenvalue weighted by Crippen LogP contribution is -2.35. The predicted octanol–water partition coefficient (Wildman–Crippen LogP) is 2.25. The average molecular weight is 352 g/mol. The van der Waals surface area contributed by atoms with Crippen LogP contribution >= 0.6 is 12.2 Å². The largest absolute Gasteiger partial charge is 0.416 e. The topological polar surface area (TPSA) is 72.2 Å². The molecule has 4 nitrogen and oxygen atoms in total. The van der Waals surface area contributed by atoms with Gasteiger partial charge in [-0.05, 0) is 30.4 Å². The van der Waals surface area contributed by atoms with Crippen LogP contribution in [0.2, 0.25) is 0 Å². The van der Waals surface area contributed by atoms with Gasteiger partial charge in [0.05, 0.1) is 16.0 Å². The maximum Gasteiger partial charge on any atom is 0.416 e. The highest BCUT2D eigenvalue weighted by Gasteiger charge is 2.38. The molecule has 0 aliphatic carbocycles. The molecule has 0 aliphatic heterocycles. The zero-order chi connectivity index (χ0) is 16.6. The summed E-state index contributed by atoms with van der Waals surface area (Å²) in [6, 6.07) is -0.0918. The number of thiocarbonyl (C=S) groups is 1. The maximum atomic E-state index is 12.6. The van der Waals surface area contributed by atoms with Gasteiger partial charge in [-0.3, -0.25) is 4.72 Å². The highest BCUT2D eigenvalue weighted by atomic mass is 32.2. The summed E-state index contributed by atoms with van der Waals surface area (Å²) in [6.07, 6.45) is -10.3. The molecule has 1 aromatic carbocycles. The standard InChI is InChI=1S/C9H6F6N2O2S2/c10-8(11,12)4-1-5(9(13,14)15)3-6(2-4)21(18,19)17-7(16)20/h1-3H,(H3,16,17,20). The molecule has 0 saturated heterocycles. The van der Waals surface area contributed by atoms with Gasteiger partial charge in [0.15, 0.2) is 5.11 Å². The van der Waals surface area contributed by atoms with E-state index in [-0.39, 0.29) is 18.2 Å². The zero-order valence-electron chi connectivity index (χ0n) is 9.71. The van der Waals surface area contributed by atoms with Crippen LogP contribution in [0.25, 0.3) is 0 Å². The highest BCUT2D eigenvalue weighted by molar-refractivity contribution is 7.91. The quantitative estimate of drug-likeness (QED) is 0.633. The van der Waals surface area contributed by atoms with Crippen LogP contribution in [-0.2, 0) is 22.4 Å². The molecule has 0 aromatic heterocycles. The van der Waals surface area contributed by atoms with Crippen LogP contribution in [0.15, 0.2) is 23.1 Å². The first-order valence-electron chi connectivity index (χ1n) is 4.85. The Morgan fingerprint density at radius 2 is 1.38 bits per heavy atom. The van der Waals surface area contributed by atoms with Crippen molar-refractivity contribution in [1.29, 1.82) is 0 Å². The Labute approximate surface area is 120 Å². The Morgan fingerprint density at radius 1 is 1.00 bits per heavy atom. The number of nitrogens with one attached hydrogen (secondary N) is 1. The van der Waals surface area contributed by atoms with E-state index in [1.165, 1.54) is 4.72 Å². The van der Waals surface area contributed by atoms with Gasteiger partial charge in [-0.2, -0.15) is 26.3 Å². The molecule has 1 rings (SSSR count). The molecule has 0 spiro atoms. The van der Waals surface area contributed by atoms with Gasteiger partial charge in [0.1, 0.15) is 0 Å². The highest BCUT2D eigenvalue weighted by Crippen LogP contribution is 2.37. The number of benzene rings is 1. The summed E-state index contributed by atoms with van der Waals surface area (Å²) >= 11 is 4.20. The molecule has 118 valence electrons. The van der Waals surface area contributed by atoms with Gasteiger partial charge in [0.2, 0.25) is 0 Å². The van der Waals surface area contributed by atoms with Crippen LogP contribution in [0, 0.1) is 0 Å². The predicted molar refractivity (Wildman–Crippen MR) is 63.6 cm³/mol. The summed E-state index contributed by atoms with van der Waals surface area (Å²) in [6.45, 7) is 0. The van der Waals surface area contributed by atoms with Crippen LogP contribution in [0.3, 0.4) is 0 Å². The molecule has 0 heterocycles. The second kappa shape index (κ2) is 5.33. The Hall–Kier alpha value is -1.56. The average Bonchev–Trinajstić information content (AvgIpc) is 2.24. The first-order valence-corrected chi connectivity index (χ1v) is 6.74. The number of sulfonamides is 1. The van der Waals surface area contributed by atoms with Crippen molar-refractivity contribution >= 4 is 27.4 Å². The van der Waals surface area contributed by atoms with Crippen LogP contribution in [0.4, 0.5) is 26.3 Å². The molecule has 21 heavy (non-hydrogen) atoms. The van der Waals surface area contributed by atoms with E-state index in [0.29, 0.717) is 0 Å². The van der Waals surface area contributed by atoms with Crippen molar-refractivity contribution in [3.63, 3.8) is 0 Å². The van der Waals surface area contributed by atoms with Crippen molar-refractivity contribution < 1.29 is 34.8 Å². The SMILES string of the molecule is NC(=S)NS(=O)(=O)c1cc(C(F)(F)F)cc(C(F)(F)F)c1. The second-order valence-electron chi connectivity index (χ2n) is 3.71. The van der Waals surface area contributed by atoms with E-state index in [1.54, 1.807) is 0 Å². The zero-order valence-corrected chi connectivity index (χ0v) is 11.3. The number of alkyl halides is 6. The Bertz CT molecular complexity index is 634. The molecular formula is C9H6F6N2O2S2. The van der Waals surface area contributed by atoms with E-state index in [1.807, 2.05) is 0 Å². The second-order valence-corrected chi connectivity index (χ2v) is 5.83. The van der Waals surface area contributed by atoms with Crippen molar-refractivity contribution in [2.75, 3.05) is 0 Å². The van der Waals surface area contributed by atoms with Crippen LogP contribution in [0.5, 0.6) is 0 Å². The van der Waals surface area contributed by atoms with Crippen molar-refractivity contribution in [1.82, 2.24) is 4.72 Å². The van der Waals surface area contributed by atoms with E-state index in [9.17, 15) is 34.8 Å². The van der Waals surface area contributed by atoms with Crippen molar-refractivity contribution in [3.8, 4) is 0 Å². The van der Waals surface area contributed by atoms with Crippen molar-refractivity contribution in [3.05, 3.63) is 29.3 Å². The summed E-state index contributed by atoms with van der Waals surface area (Å²) in [4.78, 5) is -1.25. The van der Waals surface area contributed by atoms with Crippen LogP contribution < -0.4 is 10.5 Å². The van der Waals surface area contributed by atoms with Crippen LogP contribution in [0.1, 0.15) is 11.1 Å². The summed E-state index contributed by atoms with van der Waals surface area (Å²) in [5, 5.41) is -0.819. The molecule has 0 saturated carbocycles. The minimum absolute atomic E-state index is 0.0514. The van der Waals surface area contributed by atoms with Crippen molar-refractivity contribution in [2.24, 2.45) is 5.73 Å². The lowest BCUT2D eigenvalue weighted by atomic mass is 10.1. The van der Waals surface area contributed by atoms with Gasteiger partial charge in [-0.15, -0.1) is 0 Å². The number of halogens is 6. The van der Waals surface area contributed by atoms with Gasteiger partial charge in [0, 0.05) is 0 Å². The molecule has 0 fully saturated rings. The van der Waals surface area contributed by atoms with Gasteiger partial charge in [-0.25, -0.2) is 8.42 Å². The normalized spacial score (nSPS) is 13.0. The third kappa shape index (κ3) is 4.46. The number of rotatable bonds is 2. The molecule has 0 aliphatic rings. The number of hydrogen-bond donors (Lipinski definition) is 2.